The molecule has 90 valence electrons. The van der Waals surface area contributed by atoms with Gasteiger partial charge in [-0.1, -0.05) is 17.7 Å². The lowest BCUT2D eigenvalue weighted by molar-refractivity contribution is 0.690. The Bertz CT molecular complexity index is 498. The topological polar surface area (TPSA) is 12.0 Å². The van der Waals surface area contributed by atoms with E-state index in [0.717, 1.165) is 5.02 Å². The summed E-state index contributed by atoms with van der Waals surface area (Å²) in [6.07, 6.45) is 0. The van der Waals surface area contributed by atoms with E-state index in [1.165, 1.54) is 21.6 Å². The standard InChI is InChI=1S/C14H16ClNS/c1-9-6-11(8-12(15)7-9)14(16-3)13-4-5-17-10(13)2/h4-8,14,16H,1-3H3. The highest BCUT2D eigenvalue weighted by Crippen LogP contribution is 2.29. The summed E-state index contributed by atoms with van der Waals surface area (Å²) in [5, 5.41) is 6.29. The van der Waals surface area contributed by atoms with Gasteiger partial charge in [-0.05, 0) is 61.2 Å². The minimum absolute atomic E-state index is 0.221. The molecule has 1 heterocycles. The van der Waals surface area contributed by atoms with E-state index in [2.05, 4.69) is 36.7 Å². The van der Waals surface area contributed by atoms with Gasteiger partial charge in [0.25, 0.3) is 0 Å². The fourth-order valence-corrected chi connectivity index (χ4v) is 3.17. The zero-order valence-corrected chi connectivity index (χ0v) is 11.8. The monoisotopic (exact) mass is 265 g/mol. The van der Waals surface area contributed by atoms with E-state index in [1.54, 1.807) is 11.3 Å². The largest absolute Gasteiger partial charge is 0.309 e. The Labute approximate surface area is 111 Å². The predicted octanol–water partition coefficient (Wildman–Crippen LogP) is 4.33. The number of hydrogen-bond donors (Lipinski definition) is 1. The predicted molar refractivity (Wildman–Crippen MR) is 76.1 cm³/mol. The first-order valence-corrected chi connectivity index (χ1v) is 6.86. The van der Waals surface area contributed by atoms with E-state index in [0.29, 0.717) is 0 Å². The summed E-state index contributed by atoms with van der Waals surface area (Å²) in [6, 6.07) is 8.60. The summed E-state index contributed by atoms with van der Waals surface area (Å²) in [7, 11) is 1.98. The van der Waals surface area contributed by atoms with Gasteiger partial charge >= 0.3 is 0 Å². The Morgan fingerprint density at radius 3 is 2.53 bits per heavy atom. The first-order valence-electron chi connectivity index (χ1n) is 5.60. The molecule has 1 N–H and O–H groups in total. The molecule has 0 aliphatic rings. The lowest BCUT2D eigenvalue weighted by Crippen LogP contribution is -2.17. The van der Waals surface area contributed by atoms with Crippen molar-refractivity contribution in [3.05, 3.63) is 56.2 Å². The third-order valence-electron chi connectivity index (χ3n) is 2.90. The van der Waals surface area contributed by atoms with Crippen molar-refractivity contribution in [2.24, 2.45) is 0 Å². The minimum Gasteiger partial charge on any atom is -0.309 e. The molecule has 1 nitrogen and oxygen atoms in total. The van der Waals surface area contributed by atoms with Crippen molar-refractivity contribution in [3.63, 3.8) is 0 Å². The molecule has 2 rings (SSSR count). The van der Waals surface area contributed by atoms with Gasteiger partial charge in [-0.25, -0.2) is 0 Å². The maximum Gasteiger partial charge on any atom is 0.0585 e. The first kappa shape index (κ1) is 12.6. The van der Waals surface area contributed by atoms with E-state index in [-0.39, 0.29) is 6.04 Å². The molecule has 3 heteroatoms. The number of benzene rings is 1. The number of halogens is 1. The maximum atomic E-state index is 6.13. The quantitative estimate of drug-likeness (QED) is 0.871. The van der Waals surface area contributed by atoms with Gasteiger partial charge in [-0.2, -0.15) is 0 Å². The van der Waals surface area contributed by atoms with Crippen LogP contribution in [0.4, 0.5) is 0 Å². The third kappa shape index (κ3) is 2.71. The van der Waals surface area contributed by atoms with Crippen LogP contribution in [0, 0.1) is 13.8 Å². The van der Waals surface area contributed by atoms with Gasteiger partial charge < -0.3 is 5.32 Å². The summed E-state index contributed by atoms with van der Waals surface area (Å²) in [5.74, 6) is 0. The van der Waals surface area contributed by atoms with E-state index in [9.17, 15) is 0 Å². The lowest BCUT2D eigenvalue weighted by atomic mass is 9.98. The lowest BCUT2D eigenvalue weighted by Gasteiger charge is -2.18. The maximum absolute atomic E-state index is 6.13. The number of hydrogen-bond acceptors (Lipinski definition) is 2. The van der Waals surface area contributed by atoms with Gasteiger partial charge in [0.05, 0.1) is 6.04 Å². The summed E-state index contributed by atoms with van der Waals surface area (Å²) >= 11 is 7.91. The summed E-state index contributed by atoms with van der Waals surface area (Å²) in [5.41, 5.74) is 3.75. The average Bonchev–Trinajstić information content (AvgIpc) is 2.65. The fraction of sp³-hybridized carbons (Fsp3) is 0.286. The second-order valence-corrected chi connectivity index (χ2v) is 5.77. The van der Waals surface area contributed by atoms with Crippen LogP contribution in [0.1, 0.15) is 27.6 Å². The highest BCUT2D eigenvalue weighted by molar-refractivity contribution is 7.10. The van der Waals surface area contributed by atoms with Crippen LogP contribution in [0.25, 0.3) is 0 Å². The van der Waals surface area contributed by atoms with Gasteiger partial charge in [0.15, 0.2) is 0 Å². The van der Waals surface area contributed by atoms with Crippen molar-refractivity contribution < 1.29 is 0 Å². The molecule has 0 aliphatic carbocycles. The zero-order chi connectivity index (χ0) is 12.4. The molecule has 0 saturated heterocycles. The highest BCUT2D eigenvalue weighted by atomic mass is 35.5. The molecule has 2 aromatic rings. The number of aryl methyl sites for hydroxylation is 2. The molecular weight excluding hydrogens is 250 g/mol. The second kappa shape index (κ2) is 5.21. The number of rotatable bonds is 3. The van der Waals surface area contributed by atoms with Crippen LogP contribution in [-0.4, -0.2) is 7.05 Å². The summed E-state index contributed by atoms with van der Waals surface area (Å²) in [4.78, 5) is 1.35. The first-order chi connectivity index (χ1) is 8.11. The van der Waals surface area contributed by atoms with Crippen molar-refractivity contribution in [1.29, 1.82) is 0 Å². The molecule has 1 atom stereocenters. The van der Waals surface area contributed by atoms with Crippen molar-refractivity contribution in [1.82, 2.24) is 5.32 Å². The Kier molecular flexibility index (Phi) is 3.87. The van der Waals surface area contributed by atoms with E-state index in [4.69, 9.17) is 11.6 Å². The Balaban J connectivity index is 2.45. The summed E-state index contributed by atoms with van der Waals surface area (Å²) < 4.78 is 0. The molecule has 0 bridgehead atoms. The van der Waals surface area contributed by atoms with E-state index >= 15 is 0 Å². The van der Waals surface area contributed by atoms with Gasteiger partial charge in [0, 0.05) is 9.90 Å². The second-order valence-electron chi connectivity index (χ2n) is 4.22. The van der Waals surface area contributed by atoms with Crippen LogP contribution < -0.4 is 5.32 Å². The molecule has 1 aromatic carbocycles. The van der Waals surface area contributed by atoms with E-state index < -0.39 is 0 Å². The molecule has 0 aliphatic heterocycles. The van der Waals surface area contributed by atoms with Crippen molar-refractivity contribution >= 4 is 22.9 Å². The number of thiophene rings is 1. The smallest absolute Gasteiger partial charge is 0.0585 e. The molecule has 0 fully saturated rings. The van der Waals surface area contributed by atoms with Crippen LogP contribution in [0.2, 0.25) is 5.02 Å². The SMILES string of the molecule is CNC(c1cc(C)cc(Cl)c1)c1ccsc1C. The van der Waals surface area contributed by atoms with Crippen LogP contribution in [-0.2, 0) is 0 Å². The Morgan fingerprint density at radius 2 is 2.00 bits per heavy atom. The molecular formula is C14H16ClNS. The third-order valence-corrected chi connectivity index (χ3v) is 3.98. The van der Waals surface area contributed by atoms with Crippen LogP contribution in [0.5, 0.6) is 0 Å². The average molecular weight is 266 g/mol. The van der Waals surface area contributed by atoms with Gasteiger partial charge in [0.1, 0.15) is 0 Å². The summed E-state index contributed by atoms with van der Waals surface area (Å²) in [6.45, 7) is 4.23. The molecule has 0 saturated carbocycles. The molecule has 0 spiro atoms. The molecule has 0 radical (unpaired) electrons. The molecule has 0 amide bonds. The van der Waals surface area contributed by atoms with E-state index in [1.807, 2.05) is 19.2 Å². The minimum atomic E-state index is 0.221. The van der Waals surface area contributed by atoms with Gasteiger partial charge in [-0.3, -0.25) is 0 Å². The van der Waals surface area contributed by atoms with Crippen LogP contribution in [0.15, 0.2) is 29.6 Å². The normalized spacial score (nSPS) is 12.7. The molecule has 1 aromatic heterocycles. The Morgan fingerprint density at radius 1 is 1.24 bits per heavy atom. The van der Waals surface area contributed by atoms with Crippen LogP contribution in [0.3, 0.4) is 0 Å². The van der Waals surface area contributed by atoms with Crippen molar-refractivity contribution in [3.8, 4) is 0 Å². The van der Waals surface area contributed by atoms with Crippen LogP contribution >= 0.6 is 22.9 Å². The van der Waals surface area contributed by atoms with Crippen molar-refractivity contribution in [2.45, 2.75) is 19.9 Å². The van der Waals surface area contributed by atoms with Crippen molar-refractivity contribution in [2.75, 3.05) is 7.05 Å². The Hall–Kier alpha value is -0.830. The number of nitrogens with one attached hydrogen (secondary N) is 1. The highest BCUT2D eigenvalue weighted by Gasteiger charge is 2.15. The van der Waals surface area contributed by atoms with Gasteiger partial charge in [-0.15, -0.1) is 11.3 Å². The molecule has 17 heavy (non-hydrogen) atoms. The van der Waals surface area contributed by atoms with Gasteiger partial charge in [0.2, 0.25) is 0 Å². The molecule has 1 unspecified atom stereocenters. The zero-order valence-electron chi connectivity index (χ0n) is 10.3. The fourth-order valence-electron chi connectivity index (χ4n) is 2.13.